The van der Waals surface area contributed by atoms with Gasteiger partial charge >= 0.3 is 0 Å². The van der Waals surface area contributed by atoms with E-state index in [0.717, 1.165) is 0 Å². The van der Waals surface area contributed by atoms with Gasteiger partial charge < -0.3 is 14.8 Å². The molecule has 8 heteroatoms. The molecule has 0 aliphatic heterocycles. The maximum absolute atomic E-state index is 12.8. The van der Waals surface area contributed by atoms with Gasteiger partial charge in [0.25, 0.3) is 5.91 Å². The van der Waals surface area contributed by atoms with Crippen molar-refractivity contribution in [3.8, 4) is 11.5 Å². The maximum atomic E-state index is 12.8. The Morgan fingerprint density at radius 1 is 1.00 bits per heavy atom. The third-order valence-corrected chi connectivity index (χ3v) is 6.45. The molecular formula is C20H26N2O5S. The minimum absolute atomic E-state index is 0.0928. The van der Waals surface area contributed by atoms with Gasteiger partial charge in [0.1, 0.15) is 11.5 Å². The number of benzene rings is 2. The fourth-order valence-electron chi connectivity index (χ4n) is 2.80. The summed E-state index contributed by atoms with van der Waals surface area (Å²) in [7, 11) is -0.615. The summed E-state index contributed by atoms with van der Waals surface area (Å²) >= 11 is 0. The molecular weight excluding hydrogens is 380 g/mol. The highest BCUT2D eigenvalue weighted by molar-refractivity contribution is 7.89. The first kappa shape index (κ1) is 21.7. The van der Waals surface area contributed by atoms with Crippen LogP contribution in [-0.2, 0) is 10.0 Å². The van der Waals surface area contributed by atoms with Gasteiger partial charge in [0.15, 0.2) is 0 Å². The monoisotopic (exact) mass is 406 g/mol. The average Bonchev–Trinajstić information content (AvgIpc) is 2.68. The molecule has 7 nitrogen and oxygen atoms in total. The largest absolute Gasteiger partial charge is 0.497 e. The Morgan fingerprint density at radius 3 is 2.07 bits per heavy atom. The summed E-state index contributed by atoms with van der Waals surface area (Å²) in [5, 5.41) is 2.78. The van der Waals surface area contributed by atoms with E-state index in [1.54, 1.807) is 45.0 Å². The summed E-state index contributed by atoms with van der Waals surface area (Å²) < 4.78 is 37.3. The Kier molecular flexibility index (Phi) is 7.04. The average molecular weight is 407 g/mol. The van der Waals surface area contributed by atoms with E-state index in [0.29, 0.717) is 35.8 Å². The van der Waals surface area contributed by atoms with Crippen LogP contribution >= 0.6 is 0 Å². The van der Waals surface area contributed by atoms with Gasteiger partial charge in [-0.15, -0.1) is 0 Å². The molecule has 0 heterocycles. The zero-order valence-corrected chi connectivity index (χ0v) is 17.6. The molecule has 0 bridgehead atoms. The summed E-state index contributed by atoms with van der Waals surface area (Å²) in [6, 6.07) is 9.58. The van der Waals surface area contributed by atoms with Crippen LogP contribution in [-0.4, -0.2) is 45.9 Å². The number of amides is 1. The standard InChI is InChI=1S/C20H26N2O5S/c1-6-22(7-2)28(24,25)18-9-8-14(3)19(13-18)20(23)21-15-10-16(26-4)12-17(11-15)27-5/h8-13H,6-7H2,1-5H3,(H,21,23). The number of carbonyl (C=O) groups excluding carboxylic acids is 1. The molecule has 0 spiro atoms. The van der Waals surface area contributed by atoms with Crippen LogP contribution in [0.5, 0.6) is 11.5 Å². The van der Waals surface area contributed by atoms with E-state index in [9.17, 15) is 13.2 Å². The van der Waals surface area contributed by atoms with Gasteiger partial charge in [0.05, 0.1) is 19.1 Å². The first-order chi connectivity index (χ1) is 13.3. The van der Waals surface area contributed by atoms with Crippen LogP contribution in [0.25, 0.3) is 0 Å². The second-order valence-electron chi connectivity index (χ2n) is 6.12. The zero-order valence-electron chi connectivity index (χ0n) is 16.8. The van der Waals surface area contributed by atoms with Crippen molar-refractivity contribution in [2.45, 2.75) is 25.7 Å². The number of sulfonamides is 1. The lowest BCUT2D eigenvalue weighted by Crippen LogP contribution is -2.30. The van der Waals surface area contributed by atoms with Crippen molar-refractivity contribution >= 4 is 21.6 Å². The van der Waals surface area contributed by atoms with Crippen LogP contribution in [0, 0.1) is 6.92 Å². The number of carbonyl (C=O) groups is 1. The summed E-state index contributed by atoms with van der Waals surface area (Å²) in [4.78, 5) is 12.9. The summed E-state index contributed by atoms with van der Waals surface area (Å²) in [6.07, 6.45) is 0. The van der Waals surface area contributed by atoms with Crippen LogP contribution in [0.4, 0.5) is 5.69 Å². The Hall–Kier alpha value is -2.58. The highest BCUT2D eigenvalue weighted by Gasteiger charge is 2.23. The molecule has 0 unspecified atom stereocenters. The SMILES string of the molecule is CCN(CC)S(=O)(=O)c1ccc(C)c(C(=O)Nc2cc(OC)cc(OC)c2)c1. The first-order valence-electron chi connectivity index (χ1n) is 8.92. The fourth-order valence-corrected chi connectivity index (χ4v) is 4.28. The highest BCUT2D eigenvalue weighted by Crippen LogP contribution is 2.27. The number of anilines is 1. The maximum Gasteiger partial charge on any atom is 0.255 e. The highest BCUT2D eigenvalue weighted by atomic mass is 32.2. The van der Waals surface area contributed by atoms with Gasteiger partial charge in [-0.05, 0) is 24.6 Å². The number of hydrogen-bond donors (Lipinski definition) is 1. The molecule has 2 aromatic rings. The molecule has 0 fully saturated rings. The molecule has 0 radical (unpaired) electrons. The summed E-state index contributed by atoms with van der Waals surface area (Å²) in [6.45, 7) is 6.03. The Balaban J connectivity index is 2.39. The van der Waals surface area contributed by atoms with Gasteiger partial charge in [-0.3, -0.25) is 4.79 Å². The quantitative estimate of drug-likeness (QED) is 0.727. The van der Waals surface area contributed by atoms with E-state index in [2.05, 4.69) is 5.32 Å². The van der Waals surface area contributed by atoms with E-state index in [-0.39, 0.29) is 10.5 Å². The fraction of sp³-hybridized carbons (Fsp3) is 0.350. The molecule has 28 heavy (non-hydrogen) atoms. The van der Waals surface area contributed by atoms with Crippen molar-refractivity contribution in [1.82, 2.24) is 4.31 Å². The predicted molar refractivity (Wildman–Crippen MR) is 109 cm³/mol. The molecule has 0 saturated carbocycles. The number of nitrogens with zero attached hydrogens (tertiary/aromatic N) is 1. The van der Waals surface area contributed by atoms with Gasteiger partial charge in [-0.25, -0.2) is 8.42 Å². The summed E-state index contributed by atoms with van der Waals surface area (Å²) in [5.74, 6) is 0.651. The third-order valence-electron chi connectivity index (χ3n) is 4.41. The van der Waals surface area contributed by atoms with E-state index in [1.807, 2.05) is 0 Å². The molecule has 0 saturated heterocycles. The third kappa shape index (κ3) is 4.63. The Morgan fingerprint density at radius 2 is 1.57 bits per heavy atom. The van der Waals surface area contributed by atoms with E-state index >= 15 is 0 Å². The molecule has 152 valence electrons. The van der Waals surface area contributed by atoms with Crippen molar-refractivity contribution < 1.29 is 22.7 Å². The number of aryl methyl sites for hydroxylation is 1. The number of nitrogens with one attached hydrogen (secondary N) is 1. The lowest BCUT2D eigenvalue weighted by molar-refractivity contribution is 0.102. The van der Waals surface area contributed by atoms with Crippen molar-refractivity contribution in [1.29, 1.82) is 0 Å². The smallest absolute Gasteiger partial charge is 0.255 e. The predicted octanol–water partition coefficient (Wildman–Crippen LogP) is 3.30. The summed E-state index contributed by atoms with van der Waals surface area (Å²) in [5.41, 5.74) is 1.44. The van der Waals surface area contributed by atoms with Gasteiger partial charge in [-0.1, -0.05) is 19.9 Å². The van der Waals surface area contributed by atoms with Crippen LogP contribution < -0.4 is 14.8 Å². The Bertz CT molecular complexity index is 931. The van der Waals surface area contributed by atoms with Crippen LogP contribution in [0.2, 0.25) is 0 Å². The second-order valence-corrected chi connectivity index (χ2v) is 8.06. The van der Waals surface area contributed by atoms with Crippen molar-refractivity contribution in [3.05, 3.63) is 47.5 Å². The molecule has 0 aromatic heterocycles. The number of hydrogen-bond acceptors (Lipinski definition) is 5. The number of methoxy groups -OCH3 is 2. The van der Waals surface area contributed by atoms with E-state index in [1.165, 1.54) is 30.7 Å². The zero-order chi connectivity index (χ0) is 20.9. The van der Waals surface area contributed by atoms with Gasteiger partial charge in [0.2, 0.25) is 10.0 Å². The molecule has 2 rings (SSSR count). The minimum atomic E-state index is -3.65. The van der Waals surface area contributed by atoms with Crippen LogP contribution in [0.1, 0.15) is 29.8 Å². The molecule has 0 aliphatic carbocycles. The molecule has 2 aromatic carbocycles. The van der Waals surface area contributed by atoms with Crippen molar-refractivity contribution in [3.63, 3.8) is 0 Å². The second kappa shape index (κ2) is 9.07. The van der Waals surface area contributed by atoms with Crippen LogP contribution in [0.3, 0.4) is 0 Å². The molecule has 1 N–H and O–H groups in total. The van der Waals surface area contributed by atoms with Gasteiger partial charge in [0, 0.05) is 42.5 Å². The lowest BCUT2D eigenvalue weighted by Gasteiger charge is -2.19. The molecule has 0 aliphatic rings. The topological polar surface area (TPSA) is 84.9 Å². The van der Waals surface area contributed by atoms with Crippen molar-refractivity contribution in [2.75, 3.05) is 32.6 Å². The number of ether oxygens (including phenoxy) is 2. The lowest BCUT2D eigenvalue weighted by atomic mass is 10.1. The van der Waals surface area contributed by atoms with Crippen LogP contribution in [0.15, 0.2) is 41.3 Å². The first-order valence-corrected chi connectivity index (χ1v) is 10.4. The van der Waals surface area contributed by atoms with E-state index in [4.69, 9.17) is 9.47 Å². The normalized spacial score (nSPS) is 11.4. The number of rotatable bonds is 8. The van der Waals surface area contributed by atoms with Crippen molar-refractivity contribution in [2.24, 2.45) is 0 Å². The van der Waals surface area contributed by atoms with Gasteiger partial charge in [-0.2, -0.15) is 4.31 Å². The minimum Gasteiger partial charge on any atom is -0.497 e. The molecule has 1 amide bonds. The Labute approximate surface area is 166 Å². The molecule has 0 atom stereocenters. The van der Waals surface area contributed by atoms with E-state index < -0.39 is 15.9 Å².